The van der Waals surface area contributed by atoms with Gasteiger partial charge < -0.3 is 9.84 Å². The molecule has 8 nitrogen and oxygen atoms in total. The summed E-state index contributed by atoms with van der Waals surface area (Å²) in [5.74, 6) is -0.719. The Morgan fingerprint density at radius 2 is 1.67 bits per heavy atom. The molecule has 5 rings (SSSR count). The topological polar surface area (TPSA) is 110 Å². The molecule has 3 aromatic carbocycles. The van der Waals surface area contributed by atoms with E-state index in [9.17, 15) is 13.9 Å². The summed E-state index contributed by atoms with van der Waals surface area (Å²) < 4.78 is 98.4. The molecule has 0 aliphatic carbocycles. The van der Waals surface area contributed by atoms with Crippen molar-refractivity contribution in [1.29, 1.82) is 5.26 Å². The van der Waals surface area contributed by atoms with Crippen molar-refractivity contribution in [3.63, 3.8) is 0 Å². The summed E-state index contributed by atoms with van der Waals surface area (Å²) in [6.07, 6.45) is 1.99. The van der Waals surface area contributed by atoms with Crippen LogP contribution in [0.25, 0.3) is 0 Å². The van der Waals surface area contributed by atoms with Gasteiger partial charge in [-0.15, -0.1) is 5.10 Å². The number of rotatable bonds is 8. The lowest BCUT2D eigenvalue weighted by Gasteiger charge is -2.35. The summed E-state index contributed by atoms with van der Waals surface area (Å²) in [6, 6.07) is 10.3. The minimum absolute atomic E-state index is 0.0129. The molecule has 2 heterocycles. The van der Waals surface area contributed by atoms with Crippen LogP contribution in [0.5, 0.6) is 5.75 Å². The lowest BCUT2D eigenvalue weighted by atomic mass is 9.84. The number of tetrazole rings is 1. The quantitative estimate of drug-likeness (QED) is 0.203. The van der Waals surface area contributed by atoms with Gasteiger partial charge in [0.25, 0.3) is 0 Å². The molecule has 12 heteroatoms. The van der Waals surface area contributed by atoms with Crippen LogP contribution in [0, 0.1) is 34.8 Å². The molecule has 0 fully saturated rings. The first kappa shape index (κ1) is 24.1. The third kappa shape index (κ3) is 6.35. The van der Waals surface area contributed by atoms with Gasteiger partial charge in [0.05, 0.1) is 23.7 Å². The number of nitrogens with zero attached hydrogens (tertiary/aromatic N) is 6. The van der Waals surface area contributed by atoms with Gasteiger partial charge in [0.1, 0.15) is 36.0 Å². The standard InChI is InChI=1S/C31H20F4N6O2/c32-25-10-13-27(28(33)15-25)30(42,19-41-20-38-39-40-41)31(34,35)29-14-9-23(17-37-29)4-1-21-7-11-26(12-8-21)43-18-24-5-2-22(16-36)3-6-24/h2-3,5-15,17,20,42H,18-19H2/t30-/m0/s1/i2D,3D,5D,6D. The molecule has 0 unspecified atom stereocenters. The first-order valence-corrected chi connectivity index (χ1v) is 12.3. The van der Waals surface area contributed by atoms with Crippen molar-refractivity contribution in [3.05, 3.63) is 136 Å². The average Bonchev–Trinajstić information content (AvgIpc) is 3.56. The van der Waals surface area contributed by atoms with Gasteiger partial charge in [0, 0.05) is 29.0 Å². The highest BCUT2D eigenvalue weighted by Gasteiger charge is 2.58. The summed E-state index contributed by atoms with van der Waals surface area (Å²) in [4.78, 5) is 3.77. The van der Waals surface area contributed by atoms with E-state index in [0.717, 1.165) is 29.3 Å². The number of aliphatic hydroxyl groups is 1. The molecule has 0 aliphatic heterocycles. The summed E-state index contributed by atoms with van der Waals surface area (Å²) in [5.41, 5.74) is -4.73. The maximum Gasteiger partial charge on any atom is 0.323 e. The number of pyridine rings is 1. The Morgan fingerprint density at radius 3 is 2.30 bits per heavy atom. The Morgan fingerprint density at radius 1 is 0.953 bits per heavy atom. The van der Waals surface area contributed by atoms with E-state index in [1.54, 1.807) is 30.3 Å². The number of alkyl halides is 2. The van der Waals surface area contributed by atoms with E-state index >= 15 is 8.78 Å². The van der Waals surface area contributed by atoms with Gasteiger partial charge in [-0.3, -0.25) is 4.98 Å². The van der Waals surface area contributed by atoms with Crippen molar-refractivity contribution < 1.29 is 32.9 Å². The largest absolute Gasteiger partial charge is 0.489 e. The van der Waals surface area contributed by atoms with Crippen molar-refractivity contribution in [2.45, 2.75) is 24.7 Å². The van der Waals surface area contributed by atoms with Crippen LogP contribution in [-0.4, -0.2) is 30.3 Å². The number of aromatic nitrogens is 5. The van der Waals surface area contributed by atoms with Crippen LogP contribution in [0.1, 0.15) is 39.0 Å². The average molecular weight is 589 g/mol. The first-order valence-electron chi connectivity index (χ1n) is 14.3. The first-order chi connectivity index (χ1) is 22.4. The zero-order chi connectivity index (χ0) is 33.9. The minimum atomic E-state index is -4.22. The van der Waals surface area contributed by atoms with Crippen LogP contribution in [0.2, 0.25) is 0 Å². The van der Waals surface area contributed by atoms with Crippen molar-refractivity contribution in [3.8, 4) is 23.7 Å². The molecule has 0 aliphatic rings. The number of halogens is 4. The molecule has 1 atom stereocenters. The smallest absolute Gasteiger partial charge is 0.323 e. The van der Waals surface area contributed by atoms with Gasteiger partial charge in [-0.2, -0.15) is 14.0 Å². The molecule has 0 bridgehead atoms. The van der Waals surface area contributed by atoms with Crippen molar-refractivity contribution >= 4 is 0 Å². The van der Waals surface area contributed by atoms with Crippen LogP contribution in [-0.2, 0) is 24.7 Å². The maximum atomic E-state index is 15.9. The SMILES string of the molecule is [2H]c1c([2H])c(COc2ccc(C#Cc3ccc(C(F)(F)[C@](O)(Cn4cnnn4)c4ccc(F)cc4F)nc3)cc2)c([2H])c([2H])c1C#N. The summed E-state index contributed by atoms with van der Waals surface area (Å²) >= 11 is 0. The molecule has 2 aromatic heterocycles. The molecular formula is C31H20F4N6O2. The second-order valence-electron chi connectivity index (χ2n) is 9.03. The van der Waals surface area contributed by atoms with E-state index in [0.29, 0.717) is 23.4 Å². The Hall–Kier alpha value is -5.59. The van der Waals surface area contributed by atoms with E-state index in [-0.39, 0.29) is 35.4 Å². The molecule has 0 saturated heterocycles. The van der Waals surface area contributed by atoms with Crippen LogP contribution in [0.4, 0.5) is 17.6 Å². The lowest BCUT2D eigenvalue weighted by molar-refractivity contribution is -0.207. The van der Waals surface area contributed by atoms with Crippen molar-refractivity contribution in [2.24, 2.45) is 0 Å². The van der Waals surface area contributed by atoms with Gasteiger partial charge in [-0.1, -0.05) is 23.9 Å². The number of ether oxygens (including phenoxy) is 1. The molecule has 5 aromatic rings. The molecule has 0 radical (unpaired) electrons. The Balaban J connectivity index is 1.32. The minimum Gasteiger partial charge on any atom is -0.489 e. The van der Waals surface area contributed by atoms with Gasteiger partial charge in [-0.05, 0) is 76.6 Å². The monoisotopic (exact) mass is 588 g/mol. The highest BCUT2D eigenvalue weighted by molar-refractivity contribution is 5.44. The van der Waals surface area contributed by atoms with Gasteiger partial charge >= 0.3 is 5.92 Å². The fraction of sp³-hybridized carbons (Fsp3) is 0.129. The summed E-state index contributed by atoms with van der Waals surface area (Å²) in [6.45, 7) is -1.27. The number of nitriles is 1. The van der Waals surface area contributed by atoms with Crippen molar-refractivity contribution in [1.82, 2.24) is 25.2 Å². The van der Waals surface area contributed by atoms with Gasteiger partial charge in [-0.25, -0.2) is 13.5 Å². The third-order valence-electron chi connectivity index (χ3n) is 6.14. The van der Waals surface area contributed by atoms with E-state index in [1.807, 2.05) is 0 Å². The molecule has 0 amide bonds. The highest BCUT2D eigenvalue weighted by Crippen LogP contribution is 2.46. The predicted molar refractivity (Wildman–Crippen MR) is 144 cm³/mol. The third-order valence-corrected chi connectivity index (χ3v) is 6.14. The predicted octanol–water partition coefficient (Wildman–Crippen LogP) is 4.88. The second-order valence-corrected chi connectivity index (χ2v) is 9.03. The van der Waals surface area contributed by atoms with E-state index < -0.39 is 53.0 Å². The number of hydrogen-bond donors (Lipinski definition) is 1. The van der Waals surface area contributed by atoms with E-state index in [2.05, 4.69) is 32.4 Å². The summed E-state index contributed by atoms with van der Waals surface area (Å²) in [7, 11) is 0. The zero-order valence-corrected chi connectivity index (χ0v) is 21.8. The second kappa shape index (κ2) is 12.1. The molecule has 0 spiro atoms. The Kier molecular flexibility index (Phi) is 6.77. The lowest BCUT2D eigenvalue weighted by Crippen LogP contribution is -2.48. The molecule has 0 saturated carbocycles. The van der Waals surface area contributed by atoms with Crippen LogP contribution < -0.4 is 4.74 Å². The van der Waals surface area contributed by atoms with E-state index in [4.69, 9.17) is 15.5 Å². The van der Waals surface area contributed by atoms with Crippen LogP contribution >= 0.6 is 0 Å². The fourth-order valence-corrected chi connectivity index (χ4v) is 3.93. The van der Waals surface area contributed by atoms with Crippen LogP contribution in [0.15, 0.2) is 91.3 Å². The van der Waals surface area contributed by atoms with Gasteiger partial charge in [0.2, 0.25) is 0 Å². The molecule has 43 heavy (non-hydrogen) atoms. The van der Waals surface area contributed by atoms with Crippen molar-refractivity contribution in [2.75, 3.05) is 0 Å². The number of hydrogen-bond acceptors (Lipinski definition) is 7. The highest BCUT2D eigenvalue weighted by atomic mass is 19.3. The molecular weight excluding hydrogens is 564 g/mol. The maximum absolute atomic E-state index is 15.9. The molecule has 1 N–H and O–H groups in total. The van der Waals surface area contributed by atoms with Crippen LogP contribution in [0.3, 0.4) is 0 Å². The summed E-state index contributed by atoms with van der Waals surface area (Å²) in [5, 5.41) is 30.5. The Bertz CT molecular complexity index is 2020. The van der Waals surface area contributed by atoms with E-state index in [1.165, 1.54) is 6.07 Å². The normalized spacial score (nSPS) is 13.8. The zero-order valence-electron chi connectivity index (χ0n) is 25.8. The Labute approximate surface area is 248 Å². The molecule has 214 valence electrons. The fourth-order valence-electron chi connectivity index (χ4n) is 3.93. The van der Waals surface area contributed by atoms with Gasteiger partial charge in [0.15, 0.2) is 5.60 Å². The number of benzene rings is 3.